The fourth-order valence-corrected chi connectivity index (χ4v) is 2.77. The van der Waals surface area contributed by atoms with Crippen molar-refractivity contribution in [1.82, 2.24) is 9.97 Å². The number of nitro groups is 1. The quantitative estimate of drug-likeness (QED) is 0.500. The van der Waals surface area contributed by atoms with Crippen LogP contribution in [-0.2, 0) is 0 Å². The van der Waals surface area contributed by atoms with Crippen molar-refractivity contribution in [2.75, 3.05) is 11.9 Å². The topological polar surface area (TPSA) is 121 Å². The van der Waals surface area contributed by atoms with Crippen LogP contribution < -0.4 is 5.32 Å². The van der Waals surface area contributed by atoms with Gasteiger partial charge in [0.05, 0.1) is 23.3 Å². The van der Waals surface area contributed by atoms with Crippen LogP contribution >= 0.6 is 11.6 Å². The molecule has 0 radical (unpaired) electrons. The van der Waals surface area contributed by atoms with Crippen molar-refractivity contribution in [1.29, 1.82) is 0 Å². The average Bonchev–Trinajstić information content (AvgIpc) is 3.47. The lowest BCUT2D eigenvalue weighted by Gasteiger charge is -2.24. The molecule has 1 saturated carbocycles. The molecule has 1 aliphatic rings. The van der Waals surface area contributed by atoms with E-state index >= 15 is 0 Å². The molecule has 26 heavy (non-hydrogen) atoms. The summed E-state index contributed by atoms with van der Waals surface area (Å²) in [5.41, 5.74) is 0.997. The van der Waals surface area contributed by atoms with Gasteiger partial charge in [0.15, 0.2) is 0 Å². The van der Waals surface area contributed by atoms with Crippen LogP contribution in [0.25, 0.3) is 0 Å². The normalized spacial score (nSPS) is 16.2. The Balaban J connectivity index is 1.81. The molecular formula is C17H19ClN4O4. The van der Waals surface area contributed by atoms with Crippen molar-refractivity contribution in [3.8, 4) is 0 Å². The Bertz CT molecular complexity index is 811. The maximum atomic E-state index is 10.7. The van der Waals surface area contributed by atoms with Gasteiger partial charge >= 0.3 is 0 Å². The van der Waals surface area contributed by atoms with Gasteiger partial charge in [0, 0.05) is 18.1 Å². The van der Waals surface area contributed by atoms with Gasteiger partial charge in [0.25, 0.3) is 5.69 Å². The van der Waals surface area contributed by atoms with Gasteiger partial charge in [-0.3, -0.25) is 10.1 Å². The van der Waals surface area contributed by atoms with E-state index in [0.29, 0.717) is 33.8 Å². The summed E-state index contributed by atoms with van der Waals surface area (Å²) < 4.78 is 0. The van der Waals surface area contributed by atoms with Crippen LogP contribution in [0.5, 0.6) is 0 Å². The summed E-state index contributed by atoms with van der Waals surface area (Å²) in [5.74, 6) is 1.40. The van der Waals surface area contributed by atoms with E-state index < -0.39 is 17.1 Å². The Morgan fingerprint density at radius 2 is 2.00 bits per heavy atom. The lowest BCUT2D eigenvalue weighted by atomic mass is 10.0. The zero-order chi connectivity index (χ0) is 18.8. The minimum absolute atomic E-state index is 0.0713. The second-order valence-electron chi connectivity index (χ2n) is 6.33. The molecule has 9 heteroatoms. The summed E-state index contributed by atoms with van der Waals surface area (Å²) in [7, 11) is 0. The number of benzene rings is 1. The molecule has 2 aromatic rings. The first kappa shape index (κ1) is 18.5. The SMILES string of the molecule is Cc1nc(C2CC2)nc(N[C@H](CO)[C@H](O)c2ccc([N+](=O)[O-])cc2)c1Cl. The highest BCUT2D eigenvalue weighted by Crippen LogP contribution is 2.39. The molecule has 3 N–H and O–H groups in total. The fraction of sp³-hybridized carbons (Fsp3) is 0.412. The number of nitro benzene ring substituents is 1. The van der Waals surface area contributed by atoms with Crippen molar-refractivity contribution in [2.45, 2.75) is 37.8 Å². The molecule has 8 nitrogen and oxygen atoms in total. The molecule has 138 valence electrons. The van der Waals surface area contributed by atoms with E-state index in [1.807, 2.05) is 0 Å². The third-order valence-electron chi connectivity index (χ3n) is 4.32. The second kappa shape index (κ2) is 7.53. The molecule has 1 aliphatic carbocycles. The molecule has 0 spiro atoms. The van der Waals surface area contributed by atoms with Gasteiger partial charge in [-0.1, -0.05) is 11.6 Å². The van der Waals surface area contributed by atoms with Crippen molar-refractivity contribution >= 4 is 23.1 Å². The number of hydrogen-bond acceptors (Lipinski definition) is 7. The number of aliphatic hydroxyl groups is 2. The molecule has 0 unspecified atom stereocenters. The van der Waals surface area contributed by atoms with Crippen LogP contribution in [0.15, 0.2) is 24.3 Å². The van der Waals surface area contributed by atoms with Crippen molar-refractivity contribution in [2.24, 2.45) is 0 Å². The standard InChI is InChI=1S/C17H19ClN4O4/c1-9-14(18)17(21-16(19-9)11-2-3-11)20-13(8-23)15(24)10-4-6-12(7-5-10)22(25)26/h4-7,11,13,15,23-24H,2-3,8H2,1H3,(H,19,20,21)/t13-,15-/m1/s1. The minimum atomic E-state index is -1.10. The van der Waals surface area contributed by atoms with Crippen molar-refractivity contribution < 1.29 is 15.1 Å². The highest BCUT2D eigenvalue weighted by atomic mass is 35.5. The van der Waals surface area contributed by atoms with Gasteiger partial charge in [-0.15, -0.1) is 0 Å². The van der Waals surface area contributed by atoms with Crippen molar-refractivity contribution in [3.05, 3.63) is 56.5 Å². The van der Waals surface area contributed by atoms with Crippen molar-refractivity contribution in [3.63, 3.8) is 0 Å². The maximum absolute atomic E-state index is 10.7. The molecule has 0 amide bonds. The molecule has 1 fully saturated rings. The first-order valence-electron chi connectivity index (χ1n) is 8.24. The van der Waals surface area contributed by atoms with Crippen LogP contribution in [0.2, 0.25) is 5.02 Å². The predicted octanol–water partition coefficient (Wildman–Crippen LogP) is 2.73. The van der Waals surface area contributed by atoms with Gasteiger partial charge in [-0.25, -0.2) is 9.97 Å². The number of aromatic nitrogens is 2. The van der Waals surface area contributed by atoms with Gasteiger partial charge in [-0.05, 0) is 37.5 Å². The Morgan fingerprint density at radius 3 is 2.54 bits per heavy atom. The summed E-state index contributed by atoms with van der Waals surface area (Å²) >= 11 is 6.27. The fourth-order valence-electron chi connectivity index (χ4n) is 2.63. The van der Waals surface area contributed by atoms with E-state index in [9.17, 15) is 20.3 Å². The Kier molecular flexibility index (Phi) is 5.36. The predicted molar refractivity (Wildman–Crippen MR) is 96.3 cm³/mol. The molecule has 0 bridgehead atoms. The van der Waals surface area contributed by atoms with E-state index in [0.717, 1.165) is 12.8 Å². The zero-order valence-corrected chi connectivity index (χ0v) is 14.8. The largest absolute Gasteiger partial charge is 0.394 e. The highest BCUT2D eigenvalue weighted by Gasteiger charge is 2.29. The van der Waals surface area contributed by atoms with Crippen LogP contribution in [0, 0.1) is 17.0 Å². The smallest absolute Gasteiger partial charge is 0.269 e. The Labute approximate surface area is 155 Å². The Morgan fingerprint density at radius 1 is 1.35 bits per heavy atom. The van der Waals surface area contributed by atoms with Crippen LogP contribution in [0.1, 0.15) is 41.9 Å². The molecule has 3 rings (SSSR count). The number of nitrogens with one attached hydrogen (secondary N) is 1. The van der Waals surface area contributed by atoms with Gasteiger partial charge in [0.1, 0.15) is 22.8 Å². The monoisotopic (exact) mass is 378 g/mol. The van der Waals surface area contributed by atoms with Gasteiger partial charge < -0.3 is 15.5 Å². The second-order valence-corrected chi connectivity index (χ2v) is 6.71. The number of aryl methyl sites for hydroxylation is 1. The first-order chi connectivity index (χ1) is 12.4. The van der Waals surface area contributed by atoms with E-state index in [-0.39, 0.29) is 12.3 Å². The summed E-state index contributed by atoms with van der Waals surface area (Å²) in [6.45, 7) is 1.40. The number of nitrogens with zero attached hydrogens (tertiary/aromatic N) is 3. The lowest BCUT2D eigenvalue weighted by molar-refractivity contribution is -0.384. The minimum Gasteiger partial charge on any atom is -0.394 e. The number of hydrogen-bond donors (Lipinski definition) is 3. The molecule has 0 saturated heterocycles. The number of rotatable bonds is 7. The summed E-state index contributed by atoms with van der Waals surface area (Å²) in [6, 6.07) is 4.74. The summed E-state index contributed by atoms with van der Waals surface area (Å²) in [6.07, 6.45) is 0.974. The molecule has 2 atom stereocenters. The van der Waals surface area contributed by atoms with Crippen LogP contribution in [0.3, 0.4) is 0 Å². The zero-order valence-electron chi connectivity index (χ0n) is 14.1. The molecular weight excluding hydrogens is 360 g/mol. The number of non-ortho nitro benzene ring substituents is 1. The number of halogens is 1. The van der Waals surface area contributed by atoms with Gasteiger partial charge in [-0.2, -0.15) is 0 Å². The molecule has 1 heterocycles. The molecule has 0 aliphatic heterocycles. The Hall–Kier alpha value is -2.29. The number of aliphatic hydroxyl groups excluding tert-OH is 2. The van der Waals surface area contributed by atoms with E-state index in [1.165, 1.54) is 24.3 Å². The van der Waals surface area contributed by atoms with E-state index in [2.05, 4.69) is 15.3 Å². The van der Waals surface area contributed by atoms with Crippen LogP contribution in [0.4, 0.5) is 11.5 Å². The van der Waals surface area contributed by atoms with E-state index in [1.54, 1.807) is 6.92 Å². The summed E-state index contributed by atoms with van der Waals surface area (Å²) in [4.78, 5) is 19.0. The molecule has 1 aromatic heterocycles. The maximum Gasteiger partial charge on any atom is 0.269 e. The third-order valence-corrected chi connectivity index (χ3v) is 4.77. The van der Waals surface area contributed by atoms with E-state index in [4.69, 9.17) is 11.6 Å². The average molecular weight is 379 g/mol. The number of anilines is 1. The molecule has 1 aromatic carbocycles. The third kappa shape index (κ3) is 3.92. The van der Waals surface area contributed by atoms with Crippen LogP contribution in [-0.4, -0.2) is 37.8 Å². The summed E-state index contributed by atoms with van der Waals surface area (Å²) in [5, 5.41) is 34.3. The highest BCUT2D eigenvalue weighted by molar-refractivity contribution is 6.33. The van der Waals surface area contributed by atoms with Gasteiger partial charge in [0.2, 0.25) is 0 Å². The first-order valence-corrected chi connectivity index (χ1v) is 8.62. The lowest BCUT2D eigenvalue weighted by Crippen LogP contribution is -2.32.